The lowest BCUT2D eigenvalue weighted by Crippen LogP contribution is -2.32. The quantitative estimate of drug-likeness (QED) is 0.698. The van der Waals surface area contributed by atoms with Gasteiger partial charge in [-0.05, 0) is 17.2 Å². The van der Waals surface area contributed by atoms with Crippen LogP contribution >= 0.6 is 0 Å². The molecule has 1 N–H and O–H groups in total. The number of benzene rings is 2. The zero-order chi connectivity index (χ0) is 18.5. The van der Waals surface area contributed by atoms with Crippen molar-refractivity contribution in [3.05, 3.63) is 96.1 Å². The van der Waals surface area contributed by atoms with Gasteiger partial charge in [0, 0.05) is 0 Å². The highest BCUT2D eigenvalue weighted by atomic mass is 16.5. The average Bonchev–Trinajstić information content (AvgIpc) is 3.22. The van der Waals surface area contributed by atoms with Crippen molar-refractivity contribution in [1.82, 2.24) is 9.55 Å². The molecule has 0 saturated heterocycles. The summed E-state index contributed by atoms with van der Waals surface area (Å²) in [5.41, 5.74) is 3.03. The minimum absolute atomic E-state index is 0.0364. The Morgan fingerprint density at radius 3 is 2.26 bits per heavy atom. The molecule has 5 nitrogen and oxygen atoms in total. The predicted octanol–water partition coefficient (Wildman–Crippen LogP) is 3.57. The van der Waals surface area contributed by atoms with E-state index in [1.165, 1.54) is 0 Å². The normalized spacial score (nSPS) is 18.6. The standard InChI is InChI=1S/C22H22N2O3/c25-13-20-22(27-15-18-9-5-2-6-10-18)11-21(19-12-23-16-24(19)20)26-14-17-7-3-1-4-8-17/h1-12,16,20,22,25H,13-15H2/t20-,22+/m1/s1. The van der Waals surface area contributed by atoms with E-state index in [-0.39, 0.29) is 18.8 Å². The maximum Gasteiger partial charge on any atom is 0.143 e. The molecular weight excluding hydrogens is 340 g/mol. The summed E-state index contributed by atoms with van der Waals surface area (Å²) in [6, 6.07) is 19.8. The zero-order valence-electron chi connectivity index (χ0n) is 14.9. The Labute approximate surface area is 158 Å². The summed E-state index contributed by atoms with van der Waals surface area (Å²) in [7, 11) is 0. The van der Waals surface area contributed by atoms with Crippen LogP contribution in [-0.2, 0) is 22.7 Å². The van der Waals surface area contributed by atoms with E-state index in [9.17, 15) is 5.11 Å². The third-order valence-electron chi connectivity index (χ3n) is 4.68. The molecule has 138 valence electrons. The second-order valence-electron chi connectivity index (χ2n) is 6.50. The van der Waals surface area contributed by atoms with Gasteiger partial charge in [-0.15, -0.1) is 0 Å². The van der Waals surface area contributed by atoms with E-state index in [2.05, 4.69) is 4.98 Å². The maximum atomic E-state index is 9.92. The average molecular weight is 362 g/mol. The highest BCUT2D eigenvalue weighted by Gasteiger charge is 2.30. The van der Waals surface area contributed by atoms with Crippen molar-refractivity contribution >= 4 is 5.76 Å². The molecular formula is C22H22N2O3. The summed E-state index contributed by atoms with van der Waals surface area (Å²) in [5, 5.41) is 9.92. The lowest BCUT2D eigenvalue weighted by molar-refractivity contribution is 0.0133. The van der Waals surface area contributed by atoms with E-state index < -0.39 is 0 Å². The summed E-state index contributed by atoms with van der Waals surface area (Å²) in [4.78, 5) is 4.24. The number of aliphatic hydroxyl groups excluding tert-OH is 1. The van der Waals surface area contributed by atoms with Crippen molar-refractivity contribution in [3.63, 3.8) is 0 Å². The Morgan fingerprint density at radius 2 is 1.59 bits per heavy atom. The van der Waals surface area contributed by atoms with Crippen LogP contribution in [0.1, 0.15) is 22.9 Å². The Morgan fingerprint density at radius 1 is 0.926 bits per heavy atom. The minimum Gasteiger partial charge on any atom is -0.487 e. The molecule has 0 amide bonds. The second kappa shape index (κ2) is 8.20. The number of ether oxygens (including phenoxy) is 2. The number of hydrogen-bond acceptors (Lipinski definition) is 4. The van der Waals surface area contributed by atoms with E-state index in [4.69, 9.17) is 9.47 Å². The number of imidazole rings is 1. The number of aliphatic hydroxyl groups is 1. The molecule has 0 radical (unpaired) electrons. The van der Waals surface area contributed by atoms with Crippen LogP contribution in [-0.4, -0.2) is 27.4 Å². The lowest BCUT2D eigenvalue weighted by Gasteiger charge is -2.31. The van der Waals surface area contributed by atoms with E-state index in [1.807, 2.05) is 71.3 Å². The minimum atomic E-state index is -0.303. The van der Waals surface area contributed by atoms with Crippen LogP contribution in [0, 0.1) is 0 Å². The van der Waals surface area contributed by atoms with Crippen LogP contribution in [0.4, 0.5) is 0 Å². The molecule has 4 rings (SSSR count). The van der Waals surface area contributed by atoms with Crippen molar-refractivity contribution in [2.75, 3.05) is 6.61 Å². The van der Waals surface area contributed by atoms with Gasteiger partial charge in [-0.25, -0.2) is 4.98 Å². The molecule has 3 aromatic rings. The summed E-state index contributed by atoms with van der Waals surface area (Å²) >= 11 is 0. The number of hydrogen-bond donors (Lipinski definition) is 1. The lowest BCUT2D eigenvalue weighted by atomic mass is 10.1. The van der Waals surface area contributed by atoms with Crippen molar-refractivity contribution in [2.24, 2.45) is 0 Å². The van der Waals surface area contributed by atoms with Gasteiger partial charge in [0.05, 0.1) is 31.8 Å². The van der Waals surface area contributed by atoms with Gasteiger partial charge in [-0.1, -0.05) is 60.7 Å². The molecule has 1 aliphatic rings. The summed E-state index contributed by atoms with van der Waals surface area (Å²) in [6.07, 6.45) is 5.12. The fraction of sp³-hybridized carbons (Fsp3) is 0.227. The van der Waals surface area contributed by atoms with Gasteiger partial charge in [0.1, 0.15) is 24.2 Å². The Kier molecular flexibility index (Phi) is 5.32. The summed E-state index contributed by atoms with van der Waals surface area (Å²) in [6.45, 7) is 0.896. The second-order valence-corrected chi connectivity index (χ2v) is 6.50. The third-order valence-corrected chi connectivity index (χ3v) is 4.68. The van der Waals surface area contributed by atoms with Crippen molar-refractivity contribution in [2.45, 2.75) is 25.4 Å². The molecule has 0 fully saturated rings. The van der Waals surface area contributed by atoms with Gasteiger partial charge in [-0.3, -0.25) is 0 Å². The van der Waals surface area contributed by atoms with Gasteiger partial charge < -0.3 is 19.1 Å². The molecule has 27 heavy (non-hydrogen) atoms. The van der Waals surface area contributed by atoms with Gasteiger partial charge in [0.15, 0.2) is 0 Å². The first-order valence-corrected chi connectivity index (χ1v) is 9.02. The van der Waals surface area contributed by atoms with Gasteiger partial charge in [-0.2, -0.15) is 0 Å². The van der Waals surface area contributed by atoms with E-state index >= 15 is 0 Å². The first-order valence-electron chi connectivity index (χ1n) is 9.02. The first kappa shape index (κ1) is 17.5. The summed E-state index contributed by atoms with van der Waals surface area (Å²) < 4.78 is 14.1. The molecule has 5 heteroatoms. The molecule has 1 aromatic heterocycles. The molecule has 0 unspecified atom stereocenters. The van der Waals surface area contributed by atoms with Crippen LogP contribution in [0.2, 0.25) is 0 Å². The topological polar surface area (TPSA) is 56.5 Å². The molecule has 2 aromatic carbocycles. The fourth-order valence-corrected chi connectivity index (χ4v) is 3.24. The smallest absolute Gasteiger partial charge is 0.143 e. The van der Waals surface area contributed by atoms with Crippen molar-refractivity contribution in [3.8, 4) is 0 Å². The number of rotatable bonds is 7. The van der Waals surface area contributed by atoms with Crippen LogP contribution in [0.25, 0.3) is 5.76 Å². The zero-order valence-corrected chi connectivity index (χ0v) is 14.9. The molecule has 0 spiro atoms. The predicted molar refractivity (Wildman–Crippen MR) is 103 cm³/mol. The largest absolute Gasteiger partial charge is 0.487 e. The van der Waals surface area contributed by atoms with Crippen LogP contribution < -0.4 is 0 Å². The Bertz CT molecular complexity index is 890. The van der Waals surface area contributed by atoms with E-state index in [1.54, 1.807) is 12.5 Å². The number of aromatic nitrogens is 2. The van der Waals surface area contributed by atoms with Crippen LogP contribution in [0.15, 0.2) is 79.3 Å². The van der Waals surface area contributed by atoms with Gasteiger partial charge in [0.2, 0.25) is 0 Å². The van der Waals surface area contributed by atoms with Crippen molar-refractivity contribution < 1.29 is 14.6 Å². The molecule has 1 aliphatic heterocycles. The van der Waals surface area contributed by atoms with Crippen LogP contribution in [0.3, 0.4) is 0 Å². The summed E-state index contributed by atoms with van der Waals surface area (Å²) in [5.74, 6) is 0.721. The number of fused-ring (bicyclic) bond motifs is 1. The molecule has 2 heterocycles. The first-order chi connectivity index (χ1) is 13.3. The molecule has 0 saturated carbocycles. The Balaban J connectivity index is 1.53. The fourth-order valence-electron chi connectivity index (χ4n) is 3.24. The van der Waals surface area contributed by atoms with Crippen molar-refractivity contribution in [1.29, 1.82) is 0 Å². The monoisotopic (exact) mass is 362 g/mol. The van der Waals surface area contributed by atoms with Crippen LogP contribution in [0.5, 0.6) is 0 Å². The van der Waals surface area contributed by atoms with Gasteiger partial charge in [0.25, 0.3) is 0 Å². The van der Waals surface area contributed by atoms with E-state index in [0.29, 0.717) is 13.2 Å². The maximum absolute atomic E-state index is 9.92. The SMILES string of the molecule is OC[C@@H]1[C@@H](OCc2ccccc2)C=C(OCc2ccccc2)c2cncn21. The number of nitrogens with zero attached hydrogens (tertiary/aromatic N) is 2. The third kappa shape index (κ3) is 3.94. The highest BCUT2D eigenvalue weighted by molar-refractivity contribution is 5.59. The molecule has 0 bridgehead atoms. The Hall–Kier alpha value is -2.89. The van der Waals surface area contributed by atoms with E-state index in [0.717, 1.165) is 22.6 Å². The van der Waals surface area contributed by atoms with Gasteiger partial charge >= 0.3 is 0 Å². The highest BCUT2D eigenvalue weighted by Crippen LogP contribution is 2.31. The molecule has 0 aliphatic carbocycles. The molecule has 2 atom stereocenters.